The SMILES string of the molecule is O=C(NO)Sc1ccc(OCCCNC(=O)c2cc3ccccc3o2)cc1. The molecule has 27 heavy (non-hydrogen) atoms. The fraction of sp³-hybridized carbons (Fsp3) is 0.158. The van der Waals surface area contributed by atoms with Gasteiger partial charge in [-0.3, -0.25) is 14.8 Å². The van der Waals surface area contributed by atoms with Crippen molar-refractivity contribution in [3.63, 3.8) is 0 Å². The molecule has 0 radical (unpaired) electrons. The molecule has 0 spiro atoms. The first-order valence-electron chi connectivity index (χ1n) is 8.27. The lowest BCUT2D eigenvalue weighted by Gasteiger charge is -2.07. The molecule has 7 nitrogen and oxygen atoms in total. The maximum absolute atomic E-state index is 12.1. The molecule has 2 aromatic carbocycles. The molecule has 0 aliphatic rings. The zero-order valence-electron chi connectivity index (χ0n) is 14.3. The Hall–Kier alpha value is -2.97. The van der Waals surface area contributed by atoms with Crippen molar-refractivity contribution in [1.29, 1.82) is 0 Å². The van der Waals surface area contributed by atoms with Gasteiger partial charge in [-0.2, -0.15) is 0 Å². The van der Waals surface area contributed by atoms with Crippen molar-refractivity contribution in [3.8, 4) is 5.75 Å². The number of hydroxylamine groups is 1. The molecule has 1 aromatic heterocycles. The van der Waals surface area contributed by atoms with Gasteiger partial charge in [-0.1, -0.05) is 18.2 Å². The molecule has 3 N–H and O–H groups in total. The van der Waals surface area contributed by atoms with E-state index in [2.05, 4.69) is 5.32 Å². The second kappa shape index (κ2) is 9.11. The highest BCUT2D eigenvalue weighted by molar-refractivity contribution is 8.13. The van der Waals surface area contributed by atoms with Crippen molar-refractivity contribution >= 4 is 33.9 Å². The molecule has 0 unspecified atom stereocenters. The zero-order chi connectivity index (χ0) is 19.1. The van der Waals surface area contributed by atoms with Crippen LogP contribution in [0.5, 0.6) is 5.75 Å². The summed E-state index contributed by atoms with van der Waals surface area (Å²) in [6.45, 7) is 0.893. The van der Waals surface area contributed by atoms with E-state index in [9.17, 15) is 9.59 Å². The van der Waals surface area contributed by atoms with Crippen molar-refractivity contribution in [1.82, 2.24) is 10.8 Å². The molecule has 0 atom stereocenters. The molecule has 3 rings (SSSR count). The minimum Gasteiger partial charge on any atom is -0.494 e. The Morgan fingerprint density at radius 1 is 1.11 bits per heavy atom. The third-order valence-electron chi connectivity index (χ3n) is 3.65. The first-order valence-corrected chi connectivity index (χ1v) is 9.09. The van der Waals surface area contributed by atoms with Gasteiger partial charge in [-0.25, -0.2) is 5.48 Å². The van der Waals surface area contributed by atoms with Gasteiger partial charge in [0.25, 0.3) is 5.91 Å². The number of nitrogens with one attached hydrogen (secondary N) is 2. The van der Waals surface area contributed by atoms with Gasteiger partial charge in [0.1, 0.15) is 11.3 Å². The topological polar surface area (TPSA) is 101 Å². The summed E-state index contributed by atoms with van der Waals surface area (Å²) >= 11 is 0.875. The van der Waals surface area contributed by atoms with Gasteiger partial charge in [-0.15, -0.1) is 0 Å². The summed E-state index contributed by atoms with van der Waals surface area (Å²) in [5, 5.41) is 11.6. The van der Waals surface area contributed by atoms with E-state index >= 15 is 0 Å². The van der Waals surface area contributed by atoms with Gasteiger partial charge in [0, 0.05) is 16.8 Å². The van der Waals surface area contributed by atoms with Gasteiger partial charge in [-0.05, 0) is 54.6 Å². The molecule has 0 aliphatic heterocycles. The molecule has 0 saturated carbocycles. The van der Waals surface area contributed by atoms with Crippen LogP contribution < -0.4 is 15.5 Å². The van der Waals surface area contributed by atoms with E-state index in [4.69, 9.17) is 14.4 Å². The summed E-state index contributed by atoms with van der Waals surface area (Å²) in [4.78, 5) is 23.8. The molecule has 3 aromatic rings. The number of benzene rings is 2. The van der Waals surface area contributed by atoms with E-state index in [0.717, 1.165) is 17.1 Å². The number of fused-ring (bicyclic) bond motifs is 1. The van der Waals surface area contributed by atoms with Gasteiger partial charge in [0.05, 0.1) is 6.61 Å². The zero-order valence-corrected chi connectivity index (χ0v) is 15.1. The number of rotatable bonds is 7. The fourth-order valence-electron chi connectivity index (χ4n) is 2.38. The van der Waals surface area contributed by atoms with Crippen LogP contribution in [-0.4, -0.2) is 29.5 Å². The average Bonchev–Trinajstić information content (AvgIpc) is 3.13. The van der Waals surface area contributed by atoms with E-state index in [1.165, 1.54) is 0 Å². The van der Waals surface area contributed by atoms with E-state index < -0.39 is 5.24 Å². The lowest BCUT2D eigenvalue weighted by molar-refractivity contribution is 0.0926. The molecule has 2 amide bonds. The number of thioether (sulfide) groups is 1. The first-order chi connectivity index (χ1) is 13.2. The Labute approximate surface area is 159 Å². The van der Waals surface area contributed by atoms with Crippen LogP contribution in [0, 0.1) is 0 Å². The quantitative estimate of drug-likeness (QED) is 0.247. The average molecular weight is 386 g/mol. The van der Waals surface area contributed by atoms with Crippen molar-refractivity contribution < 1.29 is 24.0 Å². The highest BCUT2D eigenvalue weighted by atomic mass is 32.2. The predicted molar refractivity (Wildman–Crippen MR) is 101 cm³/mol. The van der Waals surface area contributed by atoms with Gasteiger partial charge < -0.3 is 14.5 Å². The predicted octanol–water partition coefficient (Wildman–Crippen LogP) is 3.82. The summed E-state index contributed by atoms with van der Waals surface area (Å²) < 4.78 is 11.1. The molecular formula is C19H18N2O5S. The molecule has 140 valence electrons. The monoisotopic (exact) mass is 386 g/mol. The van der Waals surface area contributed by atoms with E-state index in [-0.39, 0.29) is 11.7 Å². The Morgan fingerprint density at radius 3 is 2.63 bits per heavy atom. The lowest BCUT2D eigenvalue weighted by atomic mass is 10.2. The lowest BCUT2D eigenvalue weighted by Crippen LogP contribution is -2.25. The van der Waals surface area contributed by atoms with Gasteiger partial charge in [0.2, 0.25) is 0 Å². The first kappa shape index (κ1) is 18.8. The van der Waals surface area contributed by atoms with Crippen LogP contribution in [-0.2, 0) is 0 Å². The van der Waals surface area contributed by atoms with E-state index in [1.807, 2.05) is 24.3 Å². The maximum atomic E-state index is 12.1. The molecule has 8 heteroatoms. The molecule has 0 aliphatic carbocycles. The van der Waals surface area contributed by atoms with Crippen LogP contribution in [0.4, 0.5) is 4.79 Å². The second-order valence-corrected chi connectivity index (χ2v) is 6.63. The second-order valence-electron chi connectivity index (χ2n) is 5.58. The van der Waals surface area contributed by atoms with Crippen molar-refractivity contribution in [2.45, 2.75) is 11.3 Å². The number of hydrogen-bond donors (Lipinski definition) is 3. The standard InChI is InChI=1S/C19H18N2O5S/c22-18(17-12-13-4-1-2-5-16(13)26-17)20-10-3-11-25-14-6-8-15(9-7-14)27-19(23)21-24/h1-2,4-9,12,24H,3,10-11H2,(H,20,22)(H,21,23). The number of hydrogen-bond acceptors (Lipinski definition) is 6. The van der Waals surface area contributed by atoms with Crippen LogP contribution in [0.25, 0.3) is 11.0 Å². The van der Waals surface area contributed by atoms with Crippen LogP contribution in [0.2, 0.25) is 0 Å². The Morgan fingerprint density at radius 2 is 1.89 bits per heavy atom. The minimum atomic E-state index is -0.552. The molecule has 0 bridgehead atoms. The van der Waals surface area contributed by atoms with Gasteiger partial charge in [0.15, 0.2) is 5.76 Å². The summed E-state index contributed by atoms with van der Waals surface area (Å²) in [7, 11) is 0. The number of furan rings is 1. The third-order valence-corrected chi connectivity index (χ3v) is 4.43. The maximum Gasteiger partial charge on any atom is 0.307 e. The molecular weight excluding hydrogens is 368 g/mol. The minimum absolute atomic E-state index is 0.255. The van der Waals surface area contributed by atoms with Crippen LogP contribution in [0.15, 0.2) is 63.9 Å². The molecule has 1 heterocycles. The molecule has 0 saturated heterocycles. The fourth-order valence-corrected chi connectivity index (χ4v) is 2.91. The van der Waals surface area contributed by atoms with Crippen molar-refractivity contribution in [2.24, 2.45) is 0 Å². The van der Waals surface area contributed by atoms with E-state index in [1.54, 1.807) is 35.8 Å². The number of carbonyl (C=O) groups excluding carboxylic acids is 2. The Bertz CT molecular complexity index is 890. The highest BCUT2D eigenvalue weighted by Crippen LogP contribution is 2.22. The Kier molecular flexibility index (Phi) is 6.35. The normalized spacial score (nSPS) is 10.6. The summed E-state index contributed by atoms with van der Waals surface area (Å²) in [5.41, 5.74) is 2.24. The van der Waals surface area contributed by atoms with Crippen LogP contribution >= 0.6 is 11.8 Å². The summed E-state index contributed by atoms with van der Waals surface area (Å²) in [6, 6.07) is 16.1. The van der Waals surface area contributed by atoms with Crippen molar-refractivity contribution in [3.05, 3.63) is 60.4 Å². The molecule has 0 fully saturated rings. The number of amides is 2. The van der Waals surface area contributed by atoms with Crippen molar-refractivity contribution in [2.75, 3.05) is 13.2 Å². The summed E-state index contributed by atoms with van der Waals surface area (Å²) in [6.07, 6.45) is 0.634. The Balaban J connectivity index is 1.38. The van der Waals surface area contributed by atoms with Gasteiger partial charge >= 0.3 is 5.24 Å². The van der Waals surface area contributed by atoms with Crippen LogP contribution in [0.3, 0.4) is 0 Å². The number of carbonyl (C=O) groups is 2. The highest BCUT2D eigenvalue weighted by Gasteiger charge is 2.11. The summed E-state index contributed by atoms with van der Waals surface area (Å²) in [5.74, 6) is 0.694. The smallest absolute Gasteiger partial charge is 0.307 e. The van der Waals surface area contributed by atoms with Crippen LogP contribution in [0.1, 0.15) is 17.0 Å². The third kappa shape index (κ3) is 5.25. The van der Waals surface area contributed by atoms with E-state index in [0.29, 0.717) is 35.8 Å². The number of para-hydroxylation sites is 1. The number of ether oxygens (including phenoxy) is 1. The largest absolute Gasteiger partial charge is 0.494 e.